The van der Waals surface area contributed by atoms with E-state index in [1.165, 1.54) is 7.05 Å². The van der Waals surface area contributed by atoms with Crippen LogP contribution in [0.4, 0.5) is 15.3 Å². The summed E-state index contributed by atoms with van der Waals surface area (Å²) in [6.45, 7) is 3.51. The van der Waals surface area contributed by atoms with Gasteiger partial charge in [-0.1, -0.05) is 12.1 Å². The molecular weight excluding hydrogens is 462 g/mol. The zero-order valence-corrected chi connectivity index (χ0v) is 20.5. The predicted octanol–water partition coefficient (Wildman–Crippen LogP) is 3.01. The maximum absolute atomic E-state index is 13.6. The van der Waals surface area contributed by atoms with Crippen molar-refractivity contribution in [1.82, 2.24) is 20.1 Å². The van der Waals surface area contributed by atoms with Crippen LogP contribution in [0.3, 0.4) is 0 Å². The maximum atomic E-state index is 13.6. The molecule has 2 saturated heterocycles. The molecule has 1 aromatic heterocycles. The highest BCUT2D eigenvalue weighted by molar-refractivity contribution is 6.06. The number of hydrogen-bond acceptors (Lipinski definition) is 6. The fraction of sp³-hybridized carbons (Fsp3) is 0.423. The van der Waals surface area contributed by atoms with Gasteiger partial charge in [-0.2, -0.15) is 0 Å². The van der Waals surface area contributed by atoms with Crippen LogP contribution < -0.4 is 10.6 Å². The minimum atomic E-state index is -1.44. The molecule has 2 fully saturated rings. The van der Waals surface area contributed by atoms with Crippen LogP contribution in [-0.4, -0.2) is 58.4 Å². The van der Waals surface area contributed by atoms with E-state index in [2.05, 4.69) is 15.6 Å². The van der Waals surface area contributed by atoms with E-state index in [9.17, 15) is 19.2 Å². The van der Waals surface area contributed by atoms with Gasteiger partial charge in [-0.25, -0.2) is 14.5 Å². The van der Waals surface area contributed by atoms with Gasteiger partial charge < -0.3 is 20.3 Å². The number of rotatable bonds is 4. The van der Waals surface area contributed by atoms with Crippen LogP contribution in [-0.2, 0) is 26.3 Å². The van der Waals surface area contributed by atoms with Gasteiger partial charge in [0.2, 0.25) is 11.5 Å². The van der Waals surface area contributed by atoms with Crippen molar-refractivity contribution < 1.29 is 23.9 Å². The molecule has 36 heavy (non-hydrogen) atoms. The SMILES string of the molecule is CNC(=O)Nc1ccc2c(c1)CC[C@@]21OC(=O)N(CC(=O)N2[C@@H](c3ccc(C)nc3)CC[C@@H]2C)C1=O. The van der Waals surface area contributed by atoms with Gasteiger partial charge in [0.25, 0.3) is 5.91 Å². The van der Waals surface area contributed by atoms with Gasteiger partial charge in [0.05, 0.1) is 6.04 Å². The summed E-state index contributed by atoms with van der Waals surface area (Å²) < 4.78 is 5.68. The lowest BCUT2D eigenvalue weighted by Gasteiger charge is -2.30. The minimum absolute atomic E-state index is 0.0232. The second kappa shape index (κ2) is 8.92. The Bertz CT molecular complexity index is 1250. The van der Waals surface area contributed by atoms with Crippen LogP contribution in [0.1, 0.15) is 54.6 Å². The normalized spacial score (nSPS) is 24.8. The first-order valence-corrected chi connectivity index (χ1v) is 12.1. The highest BCUT2D eigenvalue weighted by atomic mass is 16.6. The monoisotopic (exact) mass is 491 g/mol. The molecule has 0 radical (unpaired) electrons. The van der Waals surface area contributed by atoms with Crippen LogP contribution in [0.2, 0.25) is 0 Å². The Morgan fingerprint density at radius 1 is 1.19 bits per heavy atom. The summed E-state index contributed by atoms with van der Waals surface area (Å²) in [7, 11) is 1.52. The highest BCUT2D eigenvalue weighted by Crippen LogP contribution is 2.46. The van der Waals surface area contributed by atoms with Gasteiger partial charge in [0.15, 0.2) is 0 Å². The van der Waals surface area contributed by atoms with E-state index in [-0.39, 0.29) is 30.6 Å². The van der Waals surface area contributed by atoms with Gasteiger partial charge in [-0.15, -0.1) is 0 Å². The lowest BCUT2D eigenvalue weighted by molar-refractivity contribution is -0.143. The molecule has 1 aliphatic carbocycles. The van der Waals surface area contributed by atoms with Crippen LogP contribution in [0.15, 0.2) is 36.5 Å². The number of nitrogens with one attached hydrogen (secondary N) is 2. The van der Waals surface area contributed by atoms with Crippen LogP contribution in [0.25, 0.3) is 0 Å². The number of hydrogen-bond donors (Lipinski definition) is 2. The van der Waals surface area contributed by atoms with Gasteiger partial charge >= 0.3 is 12.1 Å². The largest absolute Gasteiger partial charge is 0.427 e. The number of carbonyl (C=O) groups excluding carboxylic acids is 4. The van der Waals surface area contributed by atoms with E-state index in [1.807, 2.05) is 26.0 Å². The number of urea groups is 1. The molecule has 5 amide bonds. The van der Waals surface area contributed by atoms with E-state index in [0.717, 1.165) is 34.6 Å². The molecule has 10 nitrogen and oxygen atoms in total. The van der Waals surface area contributed by atoms with Crippen LogP contribution >= 0.6 is 0 Å². The number of imide groups is 1. The Balaban J connectivity index is 1.35. The average Bonchev–Trinajstić information content (AvgIpc) is 3.49. The summed E-state index contributed by atoms with van der Waals surface area (Å²) in [4.78, 5) is 58.6. The standard InChI is InChI=1S/C26H29N5O5/c1-15-4-6-18(13-28-15)21-9-5-16(2)31(21)22(32)14-30-23(33)26(36-25(30)35)11-10-17-12-19(7-8-20(17)26)29-24(34)27-3/h4,6-8,12-13,16,21H,5,9-11,14H2,1-3H3,(H2,27,29,34)/t16-,21+,26+/m0/s1. The Hall–Kier alpha value is -3.95. The second-order valence-electron chi connectivity index (χ2n) is 9.64. The first kappa shape index (κ1) is 23.8. The molecule has 2 aliphatic heterocycles. The van der Waals surface area contributed by atoms with E-state index in [4.69, 9.17) is 4.74 Å². The molecule has 2 N–H and O–H groups in total. The molecule has 5 rings (SSSR count). The van der Waals surface area contributed by atoms with Gasteiger partial charge in [-0.3, -0.25) is 14.6 Å². The molecule has 0 bridgehead atoms. The Morgan fingerprint density at radius 3 is 2.72 bits per heavy atom. The number of amides is 5. The van der Waals surface area contributed by atoms with Crippen molar-refractivity contribution in [2.45, 2.75) is 57.2 Å². The topological polar surface area (TPSA) is 121 Å². The Labute approximate surface area is 209 Å². The Morgan fingerprint density at radius 2 is 2.00 bits per heavy atom. The minimum Gasteiger partial charge on any atom is -0.427 e. The first-order valence-electron chi connectivity index (χ1n) is 12.1. The van der Waals surface area contributed by atoms with Gasteiger partial charge in [0, 0.05) is 42.7 Å². The number of fused-ring (bicyclic) bond motifs is 2. The molecule has 3 atom stereocenters. The smallest absolute Gasteiger partial charge is 0.418 e. The van der Waals surface area contributed by atoms with Crippen molar-refractivity contribution in [3.05, 3.63) is 58.9 Å². The van der Waals surface area contributed by atoms with Crippen LogP contribution in [0.5, 0.6) is 0 Å². The molecule has 3 heterocycles. The number of ether oxygens (including phenoxy) is 1. The summed E-state index contributed by atoms with van der Waals surface area (Å²) in [5, 5.41) is 5.19. The quantitative estimate of drug-likeness (QED) is 0.678. The molecule has 1 aromatic carbocycles. The van der Waals surface area contributed by atoms with E-state index in [1.54, 1.807) is 29.3 Å². The zero-order chi connectivity index (χ0) is 25.6. The Kier molecular flexibility index (Phi) is 5.89. The van der Waals surface area contributed by atoms with E-state index < -0.39 is 17.6 Å². The molecule has 0 unspecified atom stereocenters. The van der Waals surface area contributed by atoms with E-state index in [0.29, 0.717) is 24.1 Å². The van der Waals surface area contributed by atoms with Crippen molar-refractivity contribution in [3.63, 3.8) is 0 Å². The summed E-state index contributed by atoms with van der Waals surface area (Å²) in [5.74, 6) is -0.816. The lowest BCUT2D eigenvalue weighted by atomic mass is 9.94. The molecule has 188 valence electrons. The molecule has 10 heteroatoms. The molecule has 1 spiro atoms. The third-order valence-corrected chi connectivity index (χ3v) is 7.41. The molecule has 0 saturated carbocycles. The molecule has 2 aromatic rings. The lowest BCUT2D eigenvalue weighted by Crippen LogP contribution is -2.46. The summed E-state index contributed by atoms with van der Waals surface area (Å²) in [5.41, 5.74) is 2.39. The van der Waals surface area contributed by atoms with Crippen LogP contribution in [0, 0.1) is 6.92 Å². The first-order chi connectivity index (χ1) is 17.2. The predicted molar refractivity (Wildman–Crippen MR) is 130 cm³/mol. The fourth-order valence-corrected chi connectivity index (χ4v) is 5.55. The number of likely N-dealkylation sites (tertiary alicyclic amines) is 1. The summed E-state index contributed by atoms with van der Waals surface area (Å²) in [6, 6.07) is 8.51. The van der Waals surface area contributed by atoms with Gasteiger partial charge in [-0.05, 0) is 62.4 Å². The maximum Gasteiger partial charge on any atom is 0.418 e. The zero-order valence-electron chi connectivity index (χ0n) is 20.5. The van der Waals surface area contributed by atoms with Gasteiger partial charge in [0.1, 0.15) is 6.54 Å². The molecule has 3 aliphatic rings. The van der Waals surface area contributed by atoms with Crippen molar-refractivity contribution in [3.8, 4) is 0 Å². The van der Waals surface area contributed by atoms with Crippen molar-refractivity contribution in [1.29, 1.82) is 0 Å². The van der Waals surface area contributed by atoms with Crippen molar-refractivity contribution in [2.24, 2.45) is 0 Å². The highest BCUT2D eigenvalue weighted by Gasteiger charge is 2.58. The van der Waals surface area contributed by atoms with E-state index >= 15 is 0 Å². The summed E-state index contributed by atoms with van der Waals surface area (Å²) in [6.07, 6.45) is 3.38. The number of carbonyl (C=O) groups is 4. The van der Waals surface area contributed by atoms with Crippen molar-refractivity contribution in [2.75, 3.05) is 18.9 Å². The number of aryl methyl sites for hydroxylation is 2. The third kappa shape index (κ3) is 3.86. The second-order valence-corrected chi connectivity index (χ2v) is 9.64. The third-order valence-electron chi connectivity index (χ3n) is 7.41. The fourth-order valence-electron chi connectivity index (χ4n) is 5.55. The number of anilines is 1. The number of aromatic nitrogens is 1. The average molecular weight is 492 g/mol. The number of nitrogens with zero attached hydrogens (tertiary/aromatic N) is 3. The number of pyridine rings is 1. The van der Waals surface area contributed by atoms with Crippen molar-refractivity contribution >= 4 is 29.6 Å². The molecular formula is C26H29N5O5. The number of benzene rings is 1. The summed E-state index contributed by atoms with van der Waals surface area (Å²) >= 11 is 0.